The van der Waals surface area contributed by atoms with E-state index in [9.17, 15) is 9.59 Å². The van der Waals surface area contributed by atoms with Crippen molar-refractivity contribution in [2.75, 3.05) is 13.6 Å². The maximum absolute atomic E-state index is 11.7. The number of nitrogens with one attached hydrogen (secondary N) is 1. The number of hydrogen-bond donors (Lipinski definition) is 2. The Labute approximate surface area is 102 Å². The first-order chi connectivity index (χ1) is 7.92. The smallest absolute Gasteiger partial charge is 0.317 e. The van der Waals surface area contributed by atoms with E-state index in [1.165, 1.54) is 4.90 Å². The third-order valence-electron chi connectivity index (χ3n) is 2.59. The minimum atomic E-state index is -0.900. The first-order valence-electron chi connectivity index (χ1n) is 5.77. The largest absolute Gasteiger partial charge is 0.481 e. The predicted molar refractivity (Wildman–Crippen MR) is 66.9 cm³/mol. The molecule has 5 nitrogen and oxygen atoms in total. The van der Waals surface area contributed by atoms with Gasteiger partial charge in [0.25, 0.3) is 0 Å². The number of carboxylic acids is 1. The molecule has 0 heterocycles. The number of nitrogens with zero attached hydrogens (tertiary/aromatic N) is 1. The van der Waals surface area contributed by atoms with Gasteiger partial charge in [-0.15, -0.1) is 6.58 Å². The van der Waals surface area contributed by atoms with Crippen LogP contribution < -0.4 is 5.32 Å². The number of carbonyl (C=O) groups excluding carboxylic acids is 1. The summed E-state index contributed by atoms with van der Waals surface area (Å²) in [5.74, 6) is -1.46. The van der Waals surface area contributed by atoms with Crippen molar-refractivity contribution in [3.63, 3.8) is 0 Å². The van der Waals surface area contributed by atoms with Crippen LogP contribution in [-0.2, 0) is 4.79 Å². The van der Waals surface area contributed by atoms with Gasteiger partial charge in [-0.25, -0.2) is 4.79 Å². The molecule has 2 unspecified atom stereocenters. The van der Waals surface area contributed by atoms with E-state index >= 15 is 0 Å². The molecule has 0 aliphatic carbocycles. The molecule has 5 heteroatoms. The molecule has 0 spiro atoms. The van der Waals surface area contributed by atoms with Crippen LogP contribution in [0.3, 0.4) is 0 Å². The van der Waals surface area contributed by atoms with Crippen LogP contribution in [0.5, 0.6) is 0 Å². The second-order valence-corrected chi connectivity index (χ2v) is 4.20. The van der Waals surface area contributed by atoms with Crippen molar-refractivity contribution < 1.29 is 14.7 Å². The van der Waals surface area contributed by atoms with Crippen molar-refractivity contribution in [3.05, 3.63) is 12.7 Å². The fraction of sp³-hybridized carbons (Fsp3) is 0.667. The van der Waals surface area contributed by atoms with Crippen LogP contribution in [0.25, 0.3) is 0 Å². The molecule has 0 saturated heterocycles. The fourth-order valence-corrected chi connectivity index (χ4v) is 1.39. The molecule has 17 heavy (non-hydrogen) atoms. The maximum atomic E-state index is 11.7. The maximum Gasteiger partial charge on any atom is 0.317 e. The summed E-state index contributed by atoms with van der Waals surface area (Å²) in [6.07, 6.45) is 3.29. The number of carboxylic acid groups (broad SMARTS) is 1. The zero-order valence-corrected chi connectivity index (χ0v) is 10.8. The summed E-state index contributed by atoms with van der Waals surface area (Å²) in [7, 11) is 1.59. The van der Waals surface area contributed by atoms with Crippen molar-refractivity contribution in [2.24, 2.45) is 5.92 Å². The molecular formula is C12H22N2O3. The summed E-state index contributed by atoms with van der Waals surface area (Å²) >= 11 is 0. The summed E-state index contributed by atoms with van der Waals surface area (Å²) in [6, 6.07) is -0.186. The molecule has 0 aromatic heterocycles. The van der Waals surface area contributed by atoms with Crippen molar-refractivity contribution in [1.29, 1.82) is 0 Å². The van der Waals surface area contributed by atoms with Crippen molar-refractivity contribution >= 4 is 12.0 Å². The summed E-state index contributed by atoms with van der Waals surface area (Å²) < 4.78 is 0. The third-order valence-corrected chi connectivity index (χ3v) is 2.59. The van der Waals surface area contributed by atoms with Crippen molar-refractivity contribution in [1.82, 2.24) is 10.2 Å². The summed E-state index contributed by atoms with van der Waals surface area (Å²) in [6.45, 7) is 7.39. The minimum absolute atomic E-state index is 0.0579. The first kappa shape index (κ1) is 15.5. The van der Waals surface area contributed by atoms with E-state index in [1.807, 2.05) is 6.92 Å². The number of urea groups is 1. The van der Waals surface area contributed by atoms with Crippen LogP contribution in [0.2, 0.25) is 0 Å². The molecule has 2 N–H and O–H groups in total. The lowest BCUT2D eigenvalue weighted by molar-refractivity contribution is -0.141. The van der Waals surface area contributed by atoms with Crippen molar-refractivity contribution in [2.45, 2.75) is 32.7 Å². The number of amides is 2. The normalized spacial score (nSPS) is 13.6. The third kappa shape index (κ3) is 5.94. The van der Waals surface area contributed by atoms with Gasteiger partial charge in [0, 0.05) is 19.6 Å². The van der Waals surface area contributed by atoms with Crippen LogP contribution >= 0.6 is 0 Å². The lowest BCUT2D eigenvalue weighted by atomic mass is 10.1. The Hall–Kier alpha value is -1.52. The highest BCUT2D eigenvalue weighted by Gasteiger charge is 2.18. The topological polar surface area (TPSA) is 69.6 Å². The SMILES string of the molecule is C=CCC(CC)NC(=O)N(C)CC(C)C(=O)O. The van der Waals surface area contributed by atoms with Crippen LogP contribution in [0.4, 0.5) is 4.79 Å². The van der Waals surface area contributed by atoms with E-state index in [1.54, 1.807) is 20.0 Å². The van der Waals surface area contributed by atoms with Gasteiger partial charge < -0.3 is 15.3 Å². The summed E-state index contributed by atoms with van der Waals surface area (Å²) in [5.41, 5.74) is 0. The molecule has 0 radical (unpaired) electrons. The van der Waals surface area contributed by atoms with Gasteiger partial charge in [-0.3, -0.25) is 4.79 Å². The van der Waals surface area contributed by atoms with Gasteiger partial charge >= 0.3 is 12.0 Å². The van der Waals surface area contributed by atoms with Crippen LogP contribution in [0.15, 0.2) is 12.7 Å². The number of carbonyl (C=O) groups is 2. The Bertz CT molecular complexity index is 279. The van der Waals surface area contributed by atoms with Gasteiger partial charge in [-0.1, -0.05) is 19.9 Å². The van der Waals surface area contributed by atoms with Gasteiger partial charge in [0.15, 0.2) is 0 Å². The molecule has 0 rings (SSSR count). The Morgan fingerprint density at radius 3 is 2.53 bits per heavy atom. The minimum Gasteiger partial charge on any atom is -0.481 e. The number of rotatable bonds is 7. The predicted octanol–water partition coefficient (Wildman–Crippen LogP) is 1.70. The van der Waals surface area contributed by atoms with E-state index in [2.05, 4.69) is 11.9 Å². The van der Waals surface area contributed by atoms with Gasteiger partial charge in [0.05, 0.1) is 5.92 Å². The Kier molecular flexibility index (Phi) is 7.02. The monoisotopic (exact) mass is 242 g/mol. The quantitative estimate of drug-likeness (QED) is 0.668. The molecule has 2 atom stereocenters. The summed E-state index contributed by atoms with van der Waals surface area (Å²) in [4.78, 5) is 23.8. The molecular weight excluding hydrogens is 220 g/mol. The average molecular weight is 242 g/mol. The molecule has 0 aliphatic rings. The van der Waals surface area contributed by atoms with Crippen LogP contribution in [0, 0.1) is 5.92 Å². The van der Waals surface area contributed by atoms with E-state index < -0.39 is 11.9 Å². The Balaban J connectivity index is 4.20. The van der Waals surface area contributed by atoms with Crippen LogP contribution in [-0.4, -0.2) is 41.6 Å². The zero-order chi connectivity index (χ0) is 13.4. The van der Waals surface area contributed by atoms with Crippen molar-refractivity contribution in [3.8, 4) is 0 Å². The molecule has 0 aromatic rings. The second-order valence-electron chi connectivity index (χ2n) is 4.20. The second kappa shape index (κ2) is 7.70. The highest BCUT2D eigenvalue weighted by molar-refractivity contribution is 5.75. The van der Waals surface area contributed by atoms with Gasteiger partial charge in [-0.2, -0.15) is 0 Å². The molecule has 0 aromatic carbocycles. The first-order valence-corrected chi connectivity index (χ1v) is 5.77. The molecule has 0 fully saturated rings. The molecule has 0 bridgehead atoms. The highest BCUT2D eigenvalue weighted by atomic mass is 16.4. The molecule has 0 saturated carbocycles. The fourth-order valence-electron chi connectivity index (χ4n) is 1.39. The molecule has 2 amide bonds. The Morgan fingerprint density at radius 1 is 1.53 bits per heavy atom. The van der Waals surface area contributed by atoms with E-state index in [-0.39, 0.29) is 18.6 Å². The van der Waals surface area contributed by atoms with Gasteiger partial charge in [0.1, 0.15) is 0 Å². The van der Waals surface area contributed by atoms with Crippen LogP contribution in [0.1, 0.15) is 26.7 Å². The number of aliphatic carboxylic acids is 1. The lowest BCUT2D eigenvalue weighted by Crippen LogP contribution is -2.44. The van der Waals surface area contributed by atoms with E-state index in [0.717, 1.165) is 6.42 Å². The van der Waals surface area contributed by atoms with E-state index in [0.29, 0.717) is 6.42 Å². The molecule has 0 aliphatic heterocycles. The number of hydrogen-bond acceptors (Lipinski definition) is 2. The lowest BCUT2D eigenvalue weighted by Gasteiger charge is -2.23. The molecule has 98 valence electrons. The zero-order valence-electron chi connectivity index (χ0n) is 10.8. The van der Waals surface area contributed by atoms with E-state index in [4.69, 9.17) is 5.11 Å². The highest BCUT2D eigenvalue weighted by Crippen LogP contribution is 2.02. The average Bonchev–Trinajstić information content (AvgIpc) is 2.27. The van der Waals surface area contributed by atoms with Gasteiger partial charge in [-0.05, 0) is 12.8 Å². The van der Waals surface area contributed by atoms with Gasteiger partial charge in [0.2, 0.25) is 0 Å². The summed E-state index contributed by atoms with van der Waals surface area (Å²) in [5, 5.41) is 11.6. The Morgan fingerprint density at radius 2 is 2.12 bits per heavy atom. The standard InChI is InChI=1S/C12H22N2O3/c1-5-7-10(6-2)13-12(17)14(4)8-9(3)11(15)16/h5,9-10H,1,6-8H2,2-4H3,(H,13,17)(H,15,16).